The van der Waals surface area contributed by atoms with Crippen molar-refractivity contribution in [2.45, 2.75) is 26.4 Å². The minimum absolute atomic E-state index is 0.121. The molecule has 0 unspecified atom stereocenters. The Morgan fingerprint density at radius 2 is 2.06 bits per heavy atom. The van der Waals surface area contributed by atoms with Gasteiger partial charge in [0.15, 0.2) is 0 Å². The Balaban J connectivity index is 3.25. The lowest BCUT2D eigenvalue weighted by Crippen LogP contribution is -2.28. The van der Waals surface area contributed by atoms with Crippen LogP contribution < -0.4 is 11.0 Å². The smallest absolute Gasteiger partial charge is 0.226 e. The molecule has 3 nitrogen and oxygen atoms in total. The van der Waals surface area contributed by atoms with Crippen LogP contribution in [-0.2, 0) is 6.18 Å². The highest BCUT2D eigenvalue weighted by molar-refractivity contribution is 5.63. The van der Waals surface area contributed by atoms with E-state index in [9.17, 15) is 13.2 Å². The third-order valence-corrected chi connectivity index (χ3v) is 2.16. The van der Waals surface area contributed by atoms with Gasteiger partial charge >= 0.3 is 6.18 Å². The van der Waals surface area contributed by atoms with E-state index in [1.165, 1.54) is 12.3 Å². The lowest BCUT2D eigenvalue weighted by Gasteiger charge is -2.20. The first-order valence-electron chi connectivity index (χ1n) is 5.12. The van der Waals surface area contributed by atoms with Gasteiger partial charge < -0.3 is 0 Å². The summed E-state index contributed by atoms with van der Waals surface area (Å²) in [7, 11) is 0. The van der Waals surface area contributed by atoms with Crippen LogP contribution in [-0.4, -0.2) is 6.21 Å². The van der Waals surface area contributed by atoms with E-state index in [1.807, 2.05) is 6.92 Å². The fourth-order valence-corrected chi connectivity index (χ4v) is 1.42. The van der Waals surface area contributed by atoms with Gasteiger partial charge in [0.1, 0.15) is 0 Å². The molecule has 6 heteroatoms. The van der Waals surface area contributed by atoms with E-state index in [4.69, 9.17) is 5.84 Å². The number of benzene rings is 1. The van der Waals surface area contributed by atoms with Crippen LogP contribution in [0, 0.1) is 6.92 Å². The topological polar surface area (TPSA) is 41.6 Å². The second kappa shape index (κ2) is 5.18. The van der Waals surface area contributed by atoms with Gasteiger partial charge in [0.05, 0.1) is 11.3 Å². The molecule has 0 saturated carbocycles. The SMILES string of the molecule is CC/C=N\N(N)c1c(C)cccc1C(F)(F)F. The van der Waals surface area contributed by atoms with Crippen LogP contribution in [0.15, 0.2) is 23.3 Å². The maximum Gasteiger partial charge on any atom is 0.418 e. The molecular weight excluding hydrogens is 231 g/mol. The summed E-state index contributed by atoms with van der Waals surface area (Å²) in [5.74, 6) is 5.51. The summed E-state index contributed by atoms with van der Waals surface area (Å²) >= 11 is 0. The lowest BCUT2D eigenvalue weighted by atomic mass is 10.1. The van der Waals surface area contributed by atoms with E-state index in [0.717, 1.165) is 11.2 Å². The average molecular weight is 245 g/mol. The van der Waals surface area contributed by atoms with Crippen LogP contribution in [0.4, 0.5) is 18.9 Å². The highest BCUT2D eigenvalue weighted by atomic mass is 19.4. The molecule has 0 fully saturated rings. The van der Waals surface area contributed by atoms with Crippen molar-refractivity contribution in [2.75, 3.05) is 5.12 Å². The van der Waals surface area contributed by atoms with Crippen LogP contribution in [0.2, 0.25) is 0 Å². The van der Waals surface area contributed by atoms with Crippen molar-refractivity contribution in [3.05, 3.63) is 29.3 Å². The van der Waals surface area contributed by atoms with E-state index < -0.39 is 11.7 Å². The van der Waals surface area contributed by atoms with Crippen LogP contribution in [0.1, 0.15) is 24.5 Å². The molecule has 0 atom stereocenters. The first-order valence-corrected chi connectivity index (χ1v) is 5.12. The standard InChI is InChI=1S/C11H14F3N3/c1-3-7-16-17(15)10-8(2)5-4-6-9(10)11(12,13)14/h4-7H,3,15H2,1-2H3/b16-7-. The summed E-state index contributed by atoms with van der Waals surface area (Å²) in [6.07, 6.45) is -2.39. The van der Waals surface area contributed by atoms with Gasteiger partial charge in [0, 0.05) is 6.21 Å². The van der Waals surface area contributed by atoms with Crippen molar-refractivity contribution >= 4 is 11.9 Å². The second-order valence-electron chi connectivity index (χ2n) is 3.52. The van der Waals surface area contributed by atoms with Gasteiger partial charge in [-0.2, -0.15) is 23.4 Å². The highest BCUT2D eigenvalue weighted by Gasteiger charge is 2.35. The quantitative estimate of drug-likeness (QED) is 0.505. The van der Waals surface area contributed by atoms with Gasteiger partial charge in [-0.15, -0.1) is 0 Å². The lowest BCUT2D eigenvalue weighted by molar-refractivity contribution is -0.137. The zero-order valence-electron chi connectivity index (χ0n) is 9.62. The van der Waals surface area contributed by atoms with Crippen molar-refractivity contribution in [1.29, 1.82) is 0 Å². The number of aryl methyl sites for hydroxylation is 1. The van der Waals surface area contributed by atoms with Gasteiger partial charge in [-0.3, -0.25) is 0 Å². The summed E-state index contributed by atoms with van der Waals surface area (Å²) in [6.45, 7) is 3.38. The number of anilines is 1. The number of hydrogen-bond acceptors (Lipinski definition) is 3. The molecule has 0 saturated heterocycles. The molecule has 0 spiro atoms. The summed E-state index contributed by atoms with van der Waals surface area (Å²) in [4.78, 5) is 0. The molecule has 0 heterocycles. The van der Waals surface area contributed by atoms with Gasteiger partial charge in [-0.25, -0.2) is 5.84 Å². The molecule has 0 bridgehead atoms. The first-order chi connectivity index (χ1) is 7.88. The largest absolute Gasteiger partial charge is 0.418 e. The molecule has 17 heavy (non-hydrogen) atoms. The van der Waals surface area contributed by atoms with Crippen LogP contribution in [0.3, 0.4) is 0 Å². The summed E-state index contributed by atoms with van der Waals surface area (Å²) < 4.78 is 38.3. The summed E-state index contributed by atoms with van der Waals surface area (Å²) in [6, 6.07) is 3.90. The number of alkyl halides is 3. The molecule has 1 aromatic carbocycles. The Hall–Kier alpha value is -1.56. The van der Waals surface area contributed by atoms with Crippen molar-refractivity contribution in [2.24, 2.45) is 10.9 Å². The summed E-state index contributed by atoms with van der Waals surface area (Å²) in [5, 5.41) is 4.50. The van der Waals surface area contributed by atoms with Crippen molar-refractivity contribution in [3.8, 4) is 0 Å². The van der Waals surface area contributed by atoms with Gasteiger partial charge in [0.2, 0.25) is 0 Å². The minimum Gasteiger partial charge on any atom is -0.226 e. The zero-order valence-corrected chi connectivity index (χ0v) is 9.62. The second-order valence-corrected chi connectivity index (χ2v) is 3.52. The van der Waals surface area contributed by atoms with Gasteiger partial charge in [0.25, 0.3) is 0 Å². The maximum atomic E-state index is 12.8. The molecule has 0 radical (unpaired) electrons. The Kier molecular flexibility index (Phi) is 4.11. The third kappa shape index (κ3) is 3.20. The van der Waals surface area contributed by atoms with Crippen molar-refractivity contribution in [1.82, 2.24) is 0 Å². The van der Waals surface area contributed by atoms with E-state index in [-0.39, 0.29) is 5.69 Å². The van der Waals surface area contributed by atoms with E-state index in [2.05, 4.69) is 5.10 Å². The number of hydrazine groups is 1. The predicted molar refractivity (Wildman–Crippen MR) is 61.6 cm³/mol. The van der Waals surface area contributed by atoms with E-state index in [0.29, 0.717) is 12.0 Å². The molecule has 94 valence electrons. The zero-order chi connectivity index (χ0) is 13.1. The van der Waals surface area contributed by atoms with Crippen LogP contribution >= 0.6 is 0 Å². The van der Waals surface area contributed by atoms with E-state index in [1.54, 1.807) is 13.0 Å². The molecule has 0 aliphatic carbocycles. The van der Waals surface area contributed by atoms with Crippen LogP contribution in [0.5, 0.6) is 0 Å². The third-order valence-electron chi connectivity index (χ3n) is 2.16. The molecule has 0 aliphatic heterocycles. The Morgan fingerprint density at radius 3 is 2.59 bits per heavy atom. The molecular formula is C11H14F3N3. The van der Waals surface area contributed by atoms with Gasteiger partial charge in [-0.05, 0) is 25.0 Å². The molecule has 0 amide bonds. The Morgan fingerprint density at radius 1 is 1.41 bits per heavy atom. The number of halogens is 3. The molecule has 1 aromatic rings. The van der Waals surface area contributed by atoms with Crippen molar-refractivity contribution < 1.29 is 13.2 Å². The normalized spacial score (nSPS) is 12.1. The highest BCUT2D eigenvalue weighted by Crippen LogP contribution is 2.37. The fourth-order valence-electron chi connectivity index (χ4n) is 1.42. The summed E-state index contributed by atoms with van der Waals surface area (Å²) in [5.41, 5.74) is -0.478. The predicted octanol–water partition coefficient (Wildman–Crippen LogP) is 3.09. The maximum absolute atomic E-state index is 12.8. The number of hydrazone groups is 1. The molecule has 0 aromatic heterocycles. The fraction of sp³-hybridized carbons (Fsp3) is 0.364. The number of nitrogens with zero attached hydrogens (tertiary/aromatic N) is 2. The number of nitrogens with two attached hydrogens (primary N) is 1. The first kappa shape index (κ1) is 13.5. The molecule has 0 aliphatic rings. The Labute approximate surface area is 97.7 Å². The Bertz CT molecular complexity index is 413. The number of hydrogen-bond donors (Lipinski definition) is 1. The van der Waals surface area contributed by atoms with E-state index >= 15 is 0 Å². The average Bonchev–Trinajstić information content (AvgIpc) is 2.24. The number of para-hydroxylation sites is 1. The van der Waals surface area contributed by atoms with Crippen molar-refractivity contribution in [3.63, 3.8) is 0 Å². The van der Waals surface area contributed by atoms with Crippen LogP contribution in [0.25, 0.3) is 0 Å². The molecule has 1 rings (SSSR count). The van der Waals surface area contributed by atoms with Gasteiger partial charge in [-0.1, -0.05) is 19.1 Å². The monoisotopic (exact) mass is 245 g/mol. The molecule has 2 N–H and O–H groups in total. The number of rotatable bonds is 3. The minimum atomic E-state index is -4.44.